The molecule has 0 N–H and O–H groups in total. The van der Waals surface area contributed by atoms with Gasteiger partial charge in [0.25, 0.3) is 0 Å². The standard InChI is InChI=1S/C24H26S2/c1-17-9-11-23(19(3)13-17)25-15-21-7-5-6-8-22(21)16-26-24-12-10-18(2)14-20(24)4/h5-14H,15-16H2,1-4H3. The van der Waals surface area contributed by atoms with Gasteiger partial charge in [0.1, 0.15) is 0 Å². The van der Waals surface area contributed by atoms with E-state index >= 15 is 0 Å². The number of hydrogen-bond acceptors (Lipinski definition) is 2. The van der Waals surface area contributed by atoms with Crippen molar-refractivity contribution in [3.63, 3.8) is 0 Å². The SMILES string of the molecule is Cc1ccc(SCc2ccccc2CSc2ccc(C)cc2C)c(C)c1. The van der Waals surface area contributed by atoms with Crippen molar-refractivity contribution in [1.82, 2.24) is 0 Å². The van der Waals surface area contributed by atoms with E-state index in [4.69, 9.17) is 0 Å². The first-order valence-corrected chi connectivity index (χ1v) is 11.0. The third-order valence-corrected chi connectivity index (χ3v) is 6.99. The maximum Gasteiger partial charge on any atom is 0.0235 e. The molecule has 0 nitrogen and oxygen atoms in total. The third kappa shape index (κ3) is 4.96. The van der Waals surface area contributed by atoms with Crippen molar-refractivity contribution in [2.45, 2.75) is 49.0 Å². The Morgan fingerprint density at radius 1 is 0.577 bits per heavy atom. The molecule has 0 saturated heterocycles. The molecule has 0 amide bonds. The molecule has 134 valence electrons. The number of aryl methyl sites for hydroxylation is 4. The lowest BCUT2D eigenvalue weighted by molar-refractivity contribution is 1.23. The van der Waals surface area contributed by atoms with Gasteiger partial charge in [0, 0.05) is 21.3 Å². The van der Waals surface area contributed by atoms with E-state index in [9.17, 15) is 0 Å². The normalized spacial score (nSPS) is 10.9. The molecule has 0 unspecified atom stereocenters. The van der Waals surface area contributed by atoms with Crippen LogP contribution in [0.2, 0.25) is 0 Å². The van der Waals surface area contributed by atoms with Gasteiger partial charge < -0.3 is 0 Å². The second-order valence-electron chi connectivity index (χ2n) is 6.88. The molecular formula is C24H26S2. The van der Waals surface area contributed by atoms with E-state index in [-0.39, 0.29) is 0 Å². The van der Waals surface area contributed by atoms with Crippen LogP contribution in [-0.2, 0) is 11.5 Å². The number of thioether (sulfide) groups is 2. The average Bonchev–Trinajstić information content (AvgIpc) is 2.61. The molecule has 0 aliphatic carbocycles. The van der Waals surface area contributed by atoms with Gasteiger partial charge in [-0.2, -0.15) is 0 Å². The molecule has 0 radical (unpaired) electrons. The molecule has 0 spiro atoms. The predicted molar refractivity (Wildman–Crippen MR) is 117 cm³/mol. The van der Waals surface area contributed by atoms with E-state index in [1.54, 1.807) is 0 Å². The fraction of sp³-hybridized carbons (Fsp3) is 0.250. The second-order valence-corrected chi connectivity index (χ2v) is 8.92. The first-order chi connectivity index (χ1) is 12.5. The van der Waals surface area contributed by atoms with Crippen LogP contribution in [0.1, 0.15) is 33.4 Å². The van der Waals surface area contributed by atoms with Crippen molar-refractivity contribution in [2.24, 2.45) is 0 Å². The van der Waals surface area contributed by atoms with Gasteiger partial charge in [0.2, 0.25) is 0 Å². The van der Waals surface area contributed by atoms with Crippen LogP contribution in [0, 0.1) is 27.7 Å². The fourth-order valence-electron chi connectivity index (χ4n) is 3.07. The van der Waals surface area contributed by atoms with Gasteiger partial charge in [-0.25, -0.2) is 0 Å². The van der Waals surface area contributed by atoms with Crippen LogP contribution in [-0.4, -0.2) is 0 Å². The molecule has 2 heteroatoms. The fourth-order valence-corrected chi connectivity index (χ4v) is 5.16. The van der Waals surface area contributed by atoms with Gasteiger partial charge >= 0.3 is 0 Å². The molecule has 3 rings (SSSR count). The van der Waals surface area contributed by atoms with Crippen LogP contribution in [0.3, 0.4) is 0 Å². The molecule has 3 aromatic carbocycles. The lowest BCUT2D eigenvalue weighted by Gasteiger charge is -2.12. The number of hydrogen-bond donors (Lipinski definition) is 0. The zero-order valence-corrected chi connectivity index (χ0v) is 17.6. The molecular weight excluding hydrogens is 352 g/mol. The zero-order valence-electron chi connectivity index (χ0n) is 16.0. The quantitative estimate of drug-likeness (QED) is 0.407. The van der Waals surface area contributed by atoms with Gasteiger partial charge in [0.15, 0.2) is 0 Å². The molecule has 26 heavy (non-hydrogen) atoms. The Bertz CT molecular complexity index is 822. The van der Waals surface area contributed by atoms with Crippen molar-refractivity contribution in [3.05, 3.63) is 94.0 Å². The van der Waals surface area contributed by atoms with Gasteiger partial charge in [-0.05, 0) is 62.1 Å². The summed E-state index contributed by atoms with van der Waals surface area (Å²) in [6.07, 6.45) is 0. The van der Waals surface area contributed by atoms with E-state index in [1.807, 2.05) is 23.5 Å². The van der Waals surface area contributed by atoms with Gasteiger partial charge in [-0.1, -0.05) is 59.7 Å². The third-order valence-electron chi connectivity index (χ3n) is 4.55. The maximum absolute atomic E-state index is 2.27. The van der Waals surface area contributed by atoms with Gasteiger partial charge in [-0.3, -0.25) is 0 Å². The topological polar surface area (TPSA) is 0 Å². The Balaban J connectivity index is 1.69. The van der Waals surface area contributed by atoms with Crippen molar-refractivity contribution in [2.75, 3.05) is 0 Å². The first-order valence-electron chi connectivity index (χ1n) is 9.00. The number of benzene rings is 3. The first kappa shape index (κ1) is 19.1. The summed E-state index contributed by atoms with van der Waals surface area (Å²) < 4.78 is 0. The summed E-state index contributed by atoms with van der Waals surface area (Å²) in [5.74, 6) is 2.04. The van der Waals surface area contributed by atoms with Gasteiger partial charge in [-0.15, -0.1) is 23.5 Å². The molecule has 0 bridgehead atoms. The summed E-state index contributed by atoms with van der Waals surface area (Å²) >= 11 is 3.88. The van der Waals surface area contributed by atoms with Crippen molar-refractivity contribution >= 4 is 23.5 Å². The molecule has 3 aromatic rings. The largest absolute Gasteiger partial charge is 0.121 e. The minimum absolute atomic E-state index is 1.02. The van der Waals surface area contributed by atoms with Crippen molar-refractivity contribution < 1.29 is 0 Å². The second kappa shape index (κ2) is 8.83. The predicted octanol–water partition coefficient (Wildman–Crippen LogP) is 7.50. The minimum Gasteiger partial charge on any atom is -0.121 e. The smallest absolute Gasteiger partial charge is 0.0235 e. The number of rotatable bonds is 6. The Morgan fingerprint density at radius 2 is 1.00 bits per heavy atom. The van der Waals surface area contributed by atoms with E-state index in [1.165, 1.54) is 43.2 Å². The Labute approximate surface area is 166 Å². The summed E-state index contributed by atoms with van der Waals surface area (Å²) in [6.45, 7) is 8.72. The van der Waals surface area contributed by atoms with Crippen molar-refractivity contribution in [1.29, 1.82) is 0 Å². The molecule has 0 atom stereocenters. The zero-order chi connectivity index (χ0) is 18.5. The van der Waals surface area contributed by atoms with E-state index in [0.717, 1.165) is 11.5 Å². The van der Waals surface area contributed by atoms with Gasteiger partial charge in [0.05, 0.1) is 0 Å². The molecule has 0 aliphatic rings. The highest BCUT2D eigenvalue weighted by Gasteiger charge is 2.07. The van der Waals surface area contributed by atoms with E-state index < -0.39 is 0 Å². The highest BCUT2D eigenvalue weighted by molar-refractivity contribution is 7.99. The highest BCUT2D eigenvalue weighted by atomic mass is 32.2. The highest BCUT2D eigenvalue weighted by Crippen LogP contribution is 2.31. The van der Waals surface area contributed by atoms with Crippen LogP contribution in [0.25, 0.3) is 0 Å². The summed E-state index contributed by atoms with van der Waals surface area (Å²) in [5.41, 5.74) is 8.29. The molecule has 0 heterocycles. The molecule has 0 aromatic heterocycles. The van der Waals surface area contributed by atoms with Crippen LogP contribution in [0.4, 0.5) is 0 Å². The summed E-state index contributed by atoms with van der Waals surface area (Å²) in [4.78, 5) is 2.76. The Kier molecular flexibility index (Phi) is 6.50. The maximum atomic E-state index is 2.27. The molecule has 0 fully saturated rings. The lowest BCUT2D eigenvalue weighted by atomic mass is 10.1. The van der Waals surface area contributed by atoms with Crippen LogP contribution in [0.5, 0.6) is 0 Å². The summed E-state index contributed by atoms with van der Waals surface area (Å²) in [5, 5.41) is 0. The van der Waals surface area contributed by atoms with E-state index in [2.05, 4.69) is 88.4 Å². The molecule has 0 saturated carbocycles. The van der Waals surface area contributed by atoms with Crippen LogP contribution >= 0.6 is 23.5 Å². The van der Waals surface area contributed by atoms with Crippen molar-refractivity contribution in [3.8, 4) is 0 Å². The average molecular weight is 379 g/mol. The monoisotopic (exact) mass is 378 g/mol. The van der Waals surface area contributed by atoms with Crippen LogP contribution < -0.4 is 0 Å². The van der Waals surface area contributed by atoms with Crippen LogP contribution in [0.15, 0.2) is 70.5 Å². The minimum atomic E-state index is 1.02. The summed E-state index contributed by atoms with van der Waals surface area (Å²) in [6, 6.07) is 22.3. The Morgan fingerprint density at radius 3 is 1.38 bits per heavy atom. The Hall–Kier alpha value is -1.64. The molecule has 0 aliphatic heterocycles. The lowest BCUT2D eigenvalue weighted by Crippen LogP contribution is -1.92. The summed E-state index contributed by atoms with van der Waals surface area (Å²) in [7, 11) is 0. The van der Waals surface area contributed by atoms with E-state index in [0.29, 0.717) is 0 Å².